The minimum absolute atomic E-state index is 0.127. The molecule has 0 saturated carbocycles. The summed E-state index contributed by atoms with van der Waals surface area (Å²) in [6.07, 6.45) is 3.11. The van der Waals surface area contributed by atoms with Crippen LogP contribution in [0.2, 0.25) is 0 Å². The van der Waals surface area contributed by atoms with Crippen molar-refractivity contribution in [3.8, 4) is 6.07 Å². The van der Waals surface area contributed by atoms with E-state index in [9.17, 15) is 13.2 Å². The average Bonchev–Trinajstić information content (AvgIpc) is 2.68. The molecule has 1 aliphatic heterocycles. The minimum atomic E-state index is -3.62. The fourth-order valence-corrected chi connectivity index (χ4v) is 4.08. The smallest absolute Gasteiger partial charge is 0.254 e. The van der Waals surface area contributed by atoms with Gasteiger partial charge in [-0.05, 0) is 36.4 Å². The number of nitriles is 1. The van der Waals surface area contributed by atoms with E-state index in [1.54, 1.807) is 29.4 Å². The van der Waals surface area contributed by atoms with Gasteiger partial charge in [-0.1, -0.05) is 0 Å². The molecule has 1 aromatic carbocycles. The van der Waals surface area contributed by atoms with Gasteiger partial charge in [0, 0.05) is 44.1 Å². The van der Waals surface area contributed by atoms with E-state index in [0.717, 1.165) is 0 Å². The molecular weight excluding hydrogens is 340 g/mol. The Balaban J connectivity index is 1.69. The van der Waals surface area contributed by atoms with Crippen LogP contribution in [0.3, 0.4) is 0 Å². The molecule has 0 unspecified atom stereocenters. The second-order valence-corrected chi connectivity index (χ2v) is 7.51. The van der Waals surface area contributed by atoms with Crippen LogP contribution in [0.5, 0.6) is 0 Å². The number of hydrogen-bond acceptors (Lipinski definition) is 5. The number of hydrogen-bond donors (Lipinski definition) is 0. The lowest BCUT2D eigenvalue weighted by Gasteiger charge is -2.34. The van der Waals surface area contributed by atoms with Gasteiger partial charge in [-0.2, -0.15) is 9.57 Å². The minimum Gasteiger partial charge on any atom is -0.336 e. The Morgan fingerprint density at radius 2 is 1.60 bits per heavy atom. The van der Waals surface area contributed by atoms with Crippen LogP contribution in [-0.4, -0.2) is 54.7 Å². The summed E-state index contributed by atoms with van der Waals surface area (Å²) in [6, 6.07) is 11.1. The predicted octanol–water partition coefficient (Wildman–Crippen LogP) is 1.10. The highest BCUT2D eigenvalue weighted by molar-refractivity contribution is 7.89. The van der Waals surface area contributed by atoms with Crippen LogP contribution in [0.1, 0.15) is 15.9 Å². The van der Waals surface area contributed by atoms with Crippen molar-refractivity contribution in [2.24, 2.45) is 0 Å². The third-order valence-corrected chi connectivity index (χ3v) is 5.99. The zero-order chi connectivity index (χ0) is 17.9. The molecule has 3 rings (SSSR count). The summed E-state index contributed by atoms with van der Waals surface area (Å²) >= 11 is 0. The molecule has 0 atom stereocenters. The quantitative estimate of drug-likeness (QED) is 0.821. The number of carbonyl (C=O) groups is 1. The van der Waals surface area contributed by atoms with E-state index >= 15 is 0 Å². The summed E-state index contributed by atoms with van der Waals surface area (Å²) in [4.78, 5) is 18.1. The molecular formula is C17H16N4O3S. The fraction of sp³-hybridized carbons (Fsp3) is 0.235. The summed E-state index contributed by atoms with van der Waals surface area (Å²) in [5.74, 6) is -0.127. The van der Waals surface area contributed by atoms with Gasteiger partial charge in [0.15, 0.2) is 0 Å². The molecule has 0 N–H and O–H groups in total. The number of aromatic nitrogens is 1. The van der Waals surface area contributed by atoms with Crippen molar-refractivity contribution >= 4 is 15.9 Å². The van der Waals surface area contributed by atoms with Crippen molar-refractivity contribution in [3.63, 3.8) is 0 Å². The van der Waals surface area contributed by atoms with E-state index in [1.807, 2.05) is 6.07 Å². The van der Waals surface area contributed by atoms with E-state index in [1.165, 1.54) is 28.6 Å². The second kappa shape index (κ2) is 7.01. The number of pyridine rings is 1. The van der Waals surface area contributed by atoms with Crippen molar-refractivity contribution < 1.29 is 13.2 Å². The van der Waals surface area contributed by atoms with Gasteiger partial charge in [0.05, 0.1) is 16.5 Å². The van der Waals surface area contributed by atoms with E-state index < -0.39 is 10.0 Å². The summed E-state index contributed by atoms with van der Waals surface area (Å²) in [5, 5.41) is 8.80. The zero-order valence-corrected chi connectivity index (χ0v) is 14.2. The van der Waals surface area contributed by atoms with Gasteiger partial charge < -0.3 is 4.90 Å². The SMILES string of the molecule is N#Cc1ccc(S(=O)(=O)N2CCN(C(=O)c3ccncc3)CC2)cc1. The highest BCUT2D eigenvalue weighted by Gasteiger charge is 2.30. The third-order valence-electron chi connectivity index (χ3n) is 4.07. The van der Waals surface area contributed by atoms with Crippen molar-refractivity contribution in [1.29, 1.82) is 5.26 Å². The van der Waals surface area contributed by atoms with Crippen molar-refractivity contribution in [3.05, 3.63) is 59.9 Å². The molecule has 1 aliphatic rings. The Hall–Kier alpha value is -2.76. The predicted molar refractivity (Wildman–Crippen MR) is 90.1 cm³/mol. The molecule has 0 bridgehead atoms. The normalized spacial score (nSPS) is 15.6. The Morgan fingerprint density at radius 1 is 1.00 bits per heavy atom. The van der Waals surface area contributed by atoms with Gasteiger partial charge >= 0.3 is 0 Å². The Labute approximate surface area is 146 Å². The first-order valence-electron chi connectivity index (χ1n) is 7.72. The lowest BCUT2D eigenvalue weighted by atomic mass is 10.2. The molecule has 0 radical (unpaired) electrons. The van der Waals surface area contributed by atoms with Crippen LogP contribution in [-0.2, 0) is 10.0 Å². The fourth-order valence-electron chi connectivity index (χ4n) is 2.66. The van der Waals surface area contributed by atoms with Crippen LogP contribution in [0.4, 0.5) is 0 Å². The Morgan fingerprint density at radius 3 is 2.16 bits per heavy atom. The van der Waals surface area contributed by atoms with Crippen LogP contribution < -0.4 is 0 Å². The van der Waals surface area contributed by atoms with Gasteiger partial charge in [0.1, 0.15) is 0 Å². The third kappa shape index (κ3) is 3.52. The standard InChI is InChI=1S/C17H16N4O3S/c18-13-14-1-3-16(4-2-14)25(23,24)21-11-9-20(10-12-21)17(22)15-5-7-19-8-6-15/h1-8H,9-12H2. The molecule has 2 aromatic rings. The molecule has 25 heavy (non-hydrogen) atoms. The maximum Gasteiger partial charge on any atom is 0.254 e. The number of carbonyl (C=O) groups excluding carboxylic acids is 1. The molecule has 0 aliphatic carbocycles. The lowest BCUT2D eigenvalue weighted by Crippen LogP contribution is -2.50. The summed E-state index contributed by atoms with van der Waals surface area (Å²) in [5.41, 5.74) is 0.949. The van der Waals surface area contributed by atoms with Crippen LogP contribution in [0.15, 0.2) is 53.7 Å². The number of benzene rings is 1. The van der Waals surface area contributed by atoms with E-state index in [0.29, 0.717) is 24.2 Å². The van der Waals surface area contributed by atoms with E-state index in [4.69, 9.17) is 5.26 Å². The highest BCUT2D eigenvalue weighted by atomic mass is 32.2. The monoisotopic (exact) mass is 356 g/mol. The first-order valence-corrected chi connectivity index (χ1v) is 9.16. The van der Waals surface area contributed by atoms with Crippen molar-refractivity contribution in [2.75, 3.05) is 26.2 Å². The van der Waals surface area contributed by atoms with Crippen LogP contribution >= 0.6 is 0 Å². The molecule has 128 valence electrons. The summed E-state index contributed by atoms with van der Waals surface area (Å²) in [6.45, 7) is 1.13. The van der Waals surface area contributed by atoms with Crippen LogP contribution in [0, 0.1) is 11.3 Å². The number of piperazine rings is 1. The first kappa shape index (κ1) is 17.1. The molecule has 1 saturated heterocycles. The Kier molecular flexibility index (Phi) is 4.79. The molecule has 1 amide bonds. The van der Waals surface area contributed by atoms with Gasteiger partial charge in [-0.3, -0.25) is 9.78 Å². The molecule has 8 heteroatoms. The average molecular weight is 356 g/mol. The molecule has 7 nitrogen and oxygen atoms in total. The molecule has 2 heterocycles. The number of sulfonamides is 1. The number of rotatable bonds is 3. The molecule has 0 spiro atoms. The van der Waals surface area contributed by atoms with Gasteiger partial charge in [-0.25, -0.2) is 8.42 Å². The summed E-state index contributed by atoms with van der Waals surface area (Å²) < 4.78 is 26.7. The highest BCUT2D eigenvalue weighted by Crippen LogP contribution is 2.19. The topological polar surface area (TPSA) is 94.4 Å². The number of nitrogens with zero attached hydrogens (tertiary/aromatic N) is 4. The zero-order valence-electron chi connectivity index (χ0n) is 13.4. The van der Waals surface area contributed by atoms with Crippen LogP contribution in [0.25, 0.3) is 0 Å². The van der Waals surface area contributed by atoms with E-state index in [-0.39, 0.29) is 23.9 Å². The maximum atomic E-state index is 12.7. The molecule has 1 aromatic heterocycles. The van der Waals surface area contributed by atoms with Crippen molar-refractivity contribution in [1.82, 2.24) is 14.2 Å². The largest absolute Gasteiger partial charge is 0.336 e. The van der Waals surface area contributed by atoms with Gasteiger partial charge in [0.2, 0.25) is 10.0 Å². The van der Waals surface area contributed by atoms with E-state index in [2.05, 4.69) is 4.98 Å². The van der Waals surface area contributed by atoms with Gasteiger partial charge in [0.25, 0.3) is 5.91 Å². The first-order chi connectivity index (χ1) is 12.0. The summed E-state index contributed by atoms with van der Waals surface area (Å²) in [7, 11) is -3.62. The van der Waals surface area contributed by atoms with Crippen molar-refractivity contribution in [2.45, 2.75) is 4.90 Å². The Bertz CT molecular complexity index is 897. The maximum absolute atomic E-state index is 12.7. The number of amides is 1. The van der Waals surface area contributed by atoms with Gasteiger partial charge in [-0.15, -0.1) is 0 Å². The lowest BCUT2D eigenvalue weighted by molar-refractivity contribution is 0.0698. The molecule has 1 fully saturated rings. The second-order valence-electron chi connectivity index (χ2n) is 5.57.